The summed E-state index contributed by atoms with van der Waals surface area (Å²) in [6, 6.07) is 6.34. The van der Waals surface area contributed by atoms with Crippen molar-refractivity contribution in [3.63, 3.8) is 0 Å². The van der Waals surface area contributed by atoms with Gasteiger partial charge in [0.25, 0.3) is 0 Å². The predicted molar refractivity (Wildman–Crippen MR) is 96.3 cm³/mol. The Morgan fingerprint density at radius 3 is 2.78 bits per heavy atom. The van der Waals surface area contributed by atoms with Crippen LogP contribution >= 0.6 is 12.4 Å². The van der Waals surface area contributed by atoms with Crippen LogP contribution in [0.25, 0.3) is 0 Å². The molecular weight excluding hydrogens is 312 g/mol. The Balaban J connectivity index is 0.00000264. The number of likely N-dealkylation sites (tertiary alicyclic amines) is 1. The summed E-state index contributed by atoms with van der Waals surface area (Å²) < 4.78 is 5.74. The average Bonchev–Trinajstić information content (AvgIpc) is 2.54. The Kier molecular flexibility index (Phi) is 8.42. The van der Waals surface area contributed by atoms with Gasteiger partial charge in [0.1, 0.15) is 5.75 Å². The topological polar surface area (TPSA) is 55.6 Å². The fraction of sp³-hybridized carbons (Fsp3) is 0.611. The number of hydrogen-bond acceptors (Lipinski definition) is 3. The van der Waals surface area contributed by atoms with Gasteiger partial charge < -0.3 is 15.4 Å². The van der Waals surface area contributed by atoms with E-state index in [1.807, 2.05) is 17.0 Å². The largest absolute Gasteiger partial charge is 0.494 e. The van der Waals surface area contributed by atoms with E-state index in [0.717, 1.165) is 31.6 Å². The van der Waals surface area contributed by atoms with E-state index in [-0.39, 0.29) is 24.4 Å². The van der Waals surface area contributed by atoms with Gasteiger partial charge in [0.05, 0.1) is 6.61 Å². The van der Waals surface area contributed by atoms with Gasteiger partial charge in [0, 0.05) is 25.6 Å². The minimum Gasteiger partial charge on any atom is -0.494 e. The van der Waals surface area contributed by atoms with Crippen molar-refractivity contribution in [2.24, 2.45) is 5.73 Å². The van der Waals surface area contributed by atoms with E-state index in [0.29, 0.717) is 19.6 Å². The van der Waals surface area contributed by atoms with Gasteiger partial charge in [-0.05, 0) is 62.8 Å². The molecule has 0 saturated carbocycles. The number of hydrogen-bond donors (Lipinski definition) is 1. The molecule has 1 amide bonds. The van der Waals surface area contributed by atoms with Crippen molar-refractivity contribution < 1.29 is 9.53 Å². The first-order valence-electron chi connectivity index (χ1n) is 8.31. The number of carbonyl (C=O) groups excluding carboxylic acids is 1. The Morgan fingerprint density at radius 1 is 1.30 bits per heavy atom. The molecule has 2 N–H and O–H groups in total. The molecule has 0 aliphatic carbocycles. The molecule has 130 valence electrons. The van der Waals surface area contributed by atoms with Crippen LogP contribution in [0, 0.1) is 13.8 Å². The third-order valence-corrected chi connectivity index (χ3v) is 4.50. The standard InChI is InChI=1S/C18H28N2O2.ClH/c1-14-8-9-17(12-15(14)2)22-11-5-7-18(21)20-10-4-3-6-16(20)13-19;/h8-9,12,16H,3-7,10-11,13,19H2,1-2H3;1H. The van der Waals surface area contributed by atoms with Crippen LogP contribution in [0.1, 0.15) is 43.2 Å². The van der Waals surface area contributed by atoms with Gasteiger partial charge >= 0.3 is 0 Å². The minimum atomic E-state index is 0. The van der Waals surface area contributed by atoms with Crippen LogP contribution in [0.5, 0.6) is 5.75 Å². The quantitative estimate of drug-likeness (QED) is 0.809. The summed E-state index contributed by atoms with van der Waals surface area (Å²) in [5.41, 5.74) is 8.26. The number of benzene rings is 1. The van der Waals surface area contributed by atoms with Crippen molar-refractivity contribution in [2.75, 3.05) is 19.7 Å². The third-order valence-electron chi connectivity index (χ3n) is 4.50. The Bertz CT molecular complexity index is 508. The maximum Gasteiger partial charge on any atom is 0.222 e. The number of amides is 1. The molecule has 5 heteroatoms. The molecule has 1 unspecified atom stereocenters. The predicted octanol–water partition coefficient (Wildman–Crippen LogP) is 3.22. The molecule has 23 heavy (non-hydrogen) atoms. The summed E-state index contributed by atoms with van der Waals surface area (Å²) in [5, 5.41) is 0. The van der Waals surface area contributed by atoms with Crippen LogP contribution in [-0.4, -0.2) is 36.5 Å². The molecule has 2 rings (SSSR count). The summed E-state index contributed by atoms with van der Waals surface area (Å²) >= 11 is 0. The van der Waals surface area contributed by atoms with Crippen LogP contribution in [0.3, 0.4) is 0 Å². The molecule has 0 spiro atoms. The van der Waals surface area contributed by atoms with Crippen LogP contribution in [-0.2, 0) is 4.79 Å². The van der Waals surface area contributed by atoms with Gasteiger partial charge in [-0.3, -0.25) is 4.79 Å². The van der Waals surface area contributed by atoms with E-state index in [1.165, 1.54) is 17.5 Å². The van der Waals surface area contributed by atoms with Gasteiger partial charge in [-0.1, -0.05) is 6.07 Å². The molecule has 1 atom stereocenters. The monoisotopic (exact) mass is 340 g/mol. The van der Waals surface area contributed by atoms with Gasteiger partial charge in [0.2, 0.25) is 5.91 Å². The van der Waals surface area contributed by atoms with Crippen molar-refractivity contribution in [1.29, 1.82) is 0 Å². The molecule has 1 heterocycles. The second-order valence-electron chi connectivity index (χ2n) is 6.17. The maximum absolute atomic E-state index is 12.3. The zero-order valence-electron chi connectivity index (χ0n) is 14.2. The van der Waals surface area contributed by atoms with Gasteiger partial charge in [-0.15, -0.1) is 12.4 Å². The summed E-state index contributed by atoms with van der Waals surface area (Å²) in [5.74, 6) is 1.10. The number of ether oxygens (including phenoxy) is 1. The second kappa shape index (κ2) is 9.78. The minimum absolute atomic E-state index is 0. The van der Waals surface area contributed by atoms with Crippen LogP contribution in [0.15, 0.2) is 18.2 Å². The summed E-state index contributed by atoms with van der Waals surface area (Å²) in [4.78, 5) is 14.3. The molecule has 1 saturated heterocycles. The summed E-state index contributed by atoms with van der Waals surface area (Å²) in [6.07, 6.45) is 4.62. The molecule has 1 aromatic carbocycles. The molecule has 1 aromatic rings. The highest BCUT2D eigenvalue weighted by Gasteiger charge is 2.24. The highest BCUT2D eigenvalue weighted by Crippen LogP contribution is 2.19. The first-order valence-corrected chi connectivity index (χ1v) is 8.31. The van der Waals surface area contributed by atoms with E-state index in [9.17, 15) is 4.79 Å². The average molecular weight is 341 g/mol. The zero-order chi connectivity index (χ0) is 15.9. The Labute approximate surface area is 145 Å². The molecule has 1 aliphatic rings. The first kappa shape index (κ1) is 19.8. The molecule has 0 radical (unpaired) electrons. The second-order valence-corrected chi connectivity index (χ2v) is 6.17. The highest BCUT2D eigenvalue weighted by molar-refractivity contribution is 5.85. The lowest BCUT2D eigenvalue weighted by Crippen LogP contribution is -2.47. The summed E-state index contributed by atoms with van der Waals surface area (Å²) in [6.45, 7) is 6.18. The number of rotatable bonds is 6. The number of piperidine rings is 1. The van der Waals surface area contributed by atoms with Crippen molar-refractivity contribution in [3.05, 3.63) is 29.3 Å². The molecule has 0 aromatic heterocycles. The van der Waals surface area contributed by atoms with Gasteiger partial charge in [0.15, 0.2) is 0 Å². The lowest BCUT2D eigenvalue weighted by Gasteiger charge is -2.35. The SMILES string of the molecule is Cc1ccc(OCCCC(=O)N2CCCCC2CN)cc1C.Cl. The van der Waals surface area contributed by atoms with E-state index < -0.39 is 0 Å². The molecule has 0 bridgehead atoms. The zero-order valence-corrected chi connectivity index (χ0v) is 15.0. The van der Waals surface area contributed by atoms with Crippen LogP contribution < -0.4 is 10.5 Å². The Hall–Kier alpha value is -1.26. The van der Waals surface area contributed by atoms with E-state index >= 15 is 0 Å². The van der Waals surface area contributed by atoms with E-state index in [4.69, 9.17) is 10.5 Å². The molecule has 1 aliphatic heterocycles. The lowest BCUT2D eigenvalue weighted by molar-refractivity contribution is -0.134. The third kappa shape index (κ3) is 5.70. The van der Waals surface area contributed by atoms with Gasteiger partial charge in [-0.25, -0.2) is 0 Å². The van der Waals surface area contributed by atoms with E-state index in [1.54, 1.807) is 0 Å². The lowest BCUT2D eigenvalue weighted by atomic mass is 10.0. The summed E-state index contributed by atoms with van der Waals surface area (Å²) in [7, 11) is 0. The smallest absolute Gasteiger partial charge is 0.222 e. The number of halogens is 1. The highest BCUT2D eigenvalue weighted by atomic mass is 35.5. The fourth-order valence-corrected chi connectivity index (χ4v) is 2.93. The number of nitrogens with zero attached hydrogens (tertiary/aromatic N) is 1. The Morgan fingerprint density at radius 2 is 2.09 bits per heavy atom. The van der Waals surface area contributed by atoms with Crippen LogP contribution in [0.2, 0.25) is 0 Å². The first-order chi connectivity index (χ1) is 10.6. The van der Waals surface area contributed by atoms with Crippen molar-refractivity contribution in [1.82, 2.24) is 4.90 Å². The van der Waals surface area contributed by atoms with Crippen molar-refractivity contribution in [3.8, 4) is 5.75 Å². The van der Waals surface area contributed by atoms with E-state index in [2.05, 4.69) is 19.9 Å². The van der Waals surface area contributed by atoms with Gasteiger partial charge in [-0.2, -0.15) is 0 Å². The normalized spacial score (nSPS) is 17.5. The van der Waals surface area contributed by atoms with Crippen LogP contribution in [0.4, 0.5) is 0 Å². The molecular formula is C18H29ClN2O2. The van der Waals surface area contributed by atoms with Crippen molar-refractivity contribution >= 4 is 18.3 Å². The number of nitrogens with two attached hydrogens (primary N) is 1. The number of carbonyl (C=O) groups is 1. The maximum atomic E-state index is 12.3. The fourth-order valence-electron chi connectivity index (χ4n) is 2.93. The molecule has 4 nitrogen and oxygen atoms in total. The molecule has 1 fully saturated rings. The van der Waals surface area contributed by atoms with Crippen molar-refractivity contribution in [2.45, 2.75) is 52.0 Å². The number of aryl methyl sites for hydroxylation is 2.